The summed E-state index contributed by atoms with van der Waals surface area (Å²) in [5, 5.41) is 2.73. The number of hydrogen-bond donors (Lipinski definition) is 1. The summed E-state index contributed by atoms with van der Waals surface area (Å²) < 4.78 is 13.5. The highest BCUT2D eigenvalue weighted by Gasteiger charge is 2.37. The van der Waals surface area contributed by atoms with E-state index >= 15 is 0 Å². The van der Waals surface area contributed by atoms with Crippen molar-refractivity contribution in [3.63, 3.8) is 0 Å². The van der Waals surface area contributed by atoms with E-state index < -0.39 is 11.9 Å². The molecule has 1 heterocycles. The van der Waals surface area contributed by atoms with Gasteiger partial charge >= 0.3 is 0 Å². The Morgan fingerprint density at radius 1 is 0.963 bits per heavy atom. The fourth-order valence-corrected chi connectivity index (χ4v) is 3.37. The van der Waals surface area contributed by atoms with Crippen molar-refractivity contribution in [3.8, 4) is 0 Å². The van der Waals surface area contributed by atoms with Crippen LogP contribution in [0.1, 0.15) is 27.5 Å². The fraction of sp³-hybridized carbons (Fsp3) is 0.0909. The summed E-state index contributed by atoms with van der Waals surface area (Å²) >= 11 is 0. The summed E-state index contributed by atoms with van der Waals surface area (Å²) in [6.07, 6.45) is 0. The quantitative estimate of drug-likeness (QED) is 0.759. The minimum atomic E-state index is -0.811. The molecule has 0 aliphatic carbocycles. The van der Waals surface area contributed by atoms with Crippen molar-refractivity contribution in [1.82, 2.24) is 4.90 Å². The molecule has 0 saturated carbocycles. The van der Waals surface area contributed by atoms with Crippen molar-refractivity contribution in [2.75, 3.05) is 5.32 Å². The van der Waals surface area contributed by atoms with E-state index in [0.29, 0.717) is 23.4 Å². The molecule has 1 aliphatic heterocycles. The summed E-state index contributed by atoms with van der Waals surface area (Å²) in [5.74, 6) is -1.00. The minimum absolute atomic E-state index is 0.186. The van der Waals surface area contributed by atoms with E-state index in [2.05, 4.69) is 5.32 Å². The van der Waals surface area contributed by atoms with E-state index in [1.165, 1.54) is 18.2 Å². The average molecular weight is 360 g/mol. The molecule has 3 aromatic carbocycles. The monoisotopic (exact) mass is 360 g/mol. The Bertz CT molecular complexity index is 1000. The second-order valence-electron chi connectivity index (χ2n) is 6.40. The maximum absolute atomic E-state index is 13.5. The van der Waals surface area contributed by atoms with Crippen LogP contribution >= 0.6 is 0 Å². The van der Waals surface area contributed by atoms with Crippen molar-refractivity contribution in [1.29, 1.82) is 0 Å². The van der Waals surface area contributed by atoms with Crippen LogP contribution in [0.5, 0.6) is 0 Å². The lowest BCUT2D eigenvalue weighted by Gasteiger charge is -2.27. The molecule has 0 radical (unpaired) electrons. The first-order valence-electron chi connectivity index (χ1n) is 8.64. The summed E-state index contributed by atoms with van der Waals surface area (Å²) in [6.45, 7) is 0.352. The number of amides is 2. The van der Waals surface area contributed by atoms with E-state index in [0.717, 1.165) is 5.56 Å². The standard InChI is InChI=1S/C22H17FN2O2/c23-17-10-6-11-18(13-17)24-21(26)20(15-7-2-1-3-8-15)25-14-16-9-4-5-12-19(16)22(25)27/h1-13,20H,14H2,(H,24,26)/t20-/m1/s1. The number of hydrogen-bond acceptors (Lipinski definition) is 2. The molecule has 0 bridgehead atoms. The molecule has 1 atom stereocenters. The van der Waals surface area contributed by atoms with Crippen LogP contribution in [0.15, 0.2) is 78.9 Å². The molecular formula is C22H17FN2O2. The summed E-state index contributed by atoms with van der Waals surface area (Å²) in [4.78, 5) is 27.5. The topological polar surface area (TPSA) is 49.4 Å². The smallest absolute Gasteiger partial charge is 0.255 e. The lowest BCUT2D eigenvalue weighted by Crippen LogP contribution is -2.37. The van der Waals surface area contributed by atoms with Gasteiger partial charge < -0.3 is 10.2 Å². The van der Waals surface area contributed by atoms with Crippen LogP contribution in [0.25, 0.3) is 0 Å². The molecular weight excluding hydrogens is 343 g/mol. The molecule has 3 aromatic rings. The third-order valence-corrected chi connectivity index (χ3v) is 4.62. The van der Waals surface area contributed by atoms with Gasteiger partial charge in [-0.15, -0.1) is 0 Å². The zero-order valence-electron chi connectivity index (χ0n) is 14.4. The SMILES string of the molecule is O=C(Nc1cccc(F)c1)[C@@H](c1ccccc1)N1Cc2ccccc2C1=O. The van der Waals surface area contributed by atoms with E-state index in [9.17, 15) is 14.0 Å². The van der Waals surface area contributed by atoms with Gasteiger partial charge in [0.1, 0.15) is 11.9 Å². The molecule has 27 heavy (non-hydrogen) atoms. The van der Waals surface area contributed by atoms with Crippen LogP contribution in [0.3, 0.4) is 0 Å². The van der Waals surface area contributed by atoms with Gasteiger partial charge in [-0.3, -0.25) is 9.59 Å². The van der Waals surface area contributed by atoms with Crippen LogP contribution in [0, 0.1) is 5.82 Å². The van der Waals surface area contributed by atoms with Gasteiger partial charge in [-0.1, -0.05) is 54.6 Å². The lowest BCUT2D eigenvalue weighted by atomic mass is 10.0. The molecule has 134 valence electrons. The predicted molar refractivity (Wildman–Crippen MR) is 101 cm³/mol. The van der Waals surface area contributed by atoms with Crippen molar-refractivity contribution in [2.45, 2.75) is 12.6 Å². The zero-order valence-corrected chi connectivity index (χ0v) is 14.4. The Kier molecular flexibility index (Phi) is 4.42. The highest BCUT2D eigenvalue weighted by molar-refractivity contribution is 6.03. The number of carbonyl (C=O) groups is 2. The van der Waals surface area contributed by atoms with Gasteiger partial charge in [0.05, 0.1) is 0 Å². The molecule has 1 N–H and O–H groups in total. The molecule has 2 amide bonds. The second kappa shape index (κ2) is 7.03. The van der Waals surface area contributed by atoms with E-state index in [1.807, 2.05) is 48.5 Å². The van der Waals surface area contributed by atoms with Gasteiger partial charge in [0.15, 0.2) is 0 Å². The van der Waals surface area contributed by atoms with Gasteiger partial charge in [0.2, 0.25) is 0 Å². The normalized spacial score (nSPS) is 14.0. The van der Waals surface area contributed by atoms with Crippen molar-refractivity contribution in [2.24, 2.45) is 0 Å². The fourth-order valence-electron chi connectivity index (χ4n) is 3.37. The highest BCUT2D eigenvalue weighted by Crippen LogP contribution is 2.32. The molecule has 1 aliphatic rings. The molecule has 0 fully saturated rings. The number of rotatable bonds is 4. The van der Waals surface area contributed by atoms with Gasteiger partial charge in [0.25, 0.3) is 11.8 Å². The first-order valence-corrected chi connectivity index (χ1v) is 8.64. The van der Waals surface area contributed by atoms with Crippen LogP contribution in [-0.2, 0) is 11.3 Å². The van der Waals surface area contributed by atoms with Crippen molar-refractivity contribution >= 4 is 17.5 Å². The molecule has 4 nitrogen and oxygen atoms in total. The first kappa shape index (κ1) is 17.0. The number of anilines is 1. The Morgan fingerprint density at radius 3 is 2.44 bits per heavy atom. The zero-order chi connectivity index (χ0) is 18.8. The predicted octanol–water partition coefficient (Wildman–Crippen LogP) is 4.16. The maximum Gasteiger partial charge on any atom is 0.255 e. The van der Waals surface area contributed by atoms with E-state index in [-0.39, 0.29) is 11.8 Å². The van der Waals surface area contributed by atoms with Crippen LogP contribution in [0.2, 0.25) is 0 Å². The Balaban J connectivity index is 1.68. The summed E-state index contributed by atoms with van der Waals surface area (Å²) in [6, 6.07) is 21.4. The Hall–Kier alpha value is -3.47. The molecule has 0 aromatic heterocycles. The lowest BCUT2D eigenvalue weighted by molar-refractivity contribution is -0.120. The maximum atomic E-state index is 13.5. The van der Waals surface area contributed by atoms with Gasteiger partial charge in [-0.2, -0.15) is 0 Å². The number of nitrogens with one attached hydrogen (secondary N) is 1. The first-order chi connectivity index (χ1) is 13.1. The summed E-state index contributed by atoms with van der Waals surface area (Å²) in [7, 11) is 0. The molecule has 0 unspecified atom stereocenters. The van der Waals surface area contributed by atoms with Gasteiger partial charge in [-0.25, -0.2) is 4.39 Å². The van der Waals surface area contributed by atoms with E-state index in [4.69, 9.17) is 0 Å². The van der Waals surface area contributed by atoms with E-state index in [1.54, 1.807) is 17.0 Å². The van der Waals surface area contributed by atoms with Gasteiger partial charge in [-0.05, 0) is 35.4 Å². The van der Waals surface area contributed by atoms with Gasteiger partial charge in [0, 0.05) is 17.8 Å². The van der Waals surface area contributed by atoms with Crippen LogP contribution in [-0.4, -0.2) is 16.7 Å². The number of benzene rings is 3. The molecule has 4 rings (SSSR count). The minimum Gasteiger partial charge on any atom is -0.324 e. The Morgan fingerprint density at radius 2 is 1.70 bits per heavy atom. The number of halogens is 1. The molecule has 5 heteroatoms. The number of nitrogens with zero attached hydrogens (tertiary/aromatic N) is 1. The third kappa shape index (κ3) is 3.31. The summed E-state index contributed by atoms with van der Waals surface area (Å²) in [5.41, 5.74) is 2.55. The van der Waals surface area contributed by atoms with Crippen LogP contribution in [0.4, 0.5) is 10.1 Å². The number of fused-ring (bicyclic) bond motifs is 1. The van der Waals surface area contributed by atoms with Crippen LogP contribution < -0.4 is 5.32 Å². The van der Waals surface area contributed by atoms with Crippen molar-refractivity contribution in [3.05, 3.63) is 101 Å². The number of carbonyl (C=O) groups excluding carboxylic acids is 2. The highest BCUT2D eigenvalue weighted by atomic mass is 19.1. The third-order valence-electron chi connectivity index (χ3n) is 4.62. The average Bonchev–Trinajstić information content (AvgIpc) is 3.00. The molecule has 0 spiro atoms. The molecule has 0 saturated heterocycles. The second-order valence-corrected chi connectivity index (χ2v) is 6.40. The van der Waals surface area contributed by atoms with Crippen molar-refractivity contribution < 1.29 is 14.0 Å². The Labute approximate surface area is 156 Å². The largest absolute Gasteiger partial charge is 0.324 e.